The first-order valence-corrected chi connectivity index (χ1v) is 10.5. The third-order valence-corrected chi connectivity index (χ3v) is 4.93. The van der Waals surface area contributed by atoms with Crippen LogP contribution >= 0.6 is 0 Å². The van der Waals surface area contributed by atoms with E-state index in [1.807, 2.05) is 11.6 Å². The summed E-state index contributed by atoms with van der Waals surface area (Å²) in [5.74, 6) is 0.978. The number of aromatic nitrogens is 1. The summed E-state index contributed by atoms with van der Waals surface area (Å²) in [6.45, 7) is 3.11. The molecule has 0 atom stereocenters. The predicted molar refractivity (Wildman–Crippen MR) is 110 cm³/mol. The molecule has 0 unspecified atom stereocenters. The minimum atomic E-state index is 0.830. The van der Waals surface area contributed by atoms with Crippen LogP contribution in [0.15, 0.2) is 48.8 Å². The summed E-state index contributed by atoms with van der Waals surface area (Å²) in [6, 6.07) is 12.7. The molecule has 0 fully saturated rings. The molecule has 1 aromatic heterocycles. The molecular weight excluding hydrogens is 318 g/mol. The van der Waals surface area contributed by atoms with E-state index in [1.54, 1.807) is 0 Å². The second-order valence-electron chi connectivity index (χ2n) is 7.31. The van der Waals surface area contributed by atoms with Crippen LogP contribution in [0.5, 0.6) is 5.75 Å². The maximum atomic E-state index is 5.88. The van der Waals surface area contributed by atoms with Crippen molar-refractivity contribution in [3.05, 3.63) is 48.8 Å². The lowest BCUT2D eigenvalue weighted by atomic mass is 10.1. The van der Waals surface area contributed by atoms with Crippen LogP contribution in [0.4, 0.5) is 0 Å². The Morgan fingerprint density at radius 3 is 1.73 bits per heavy atom. The third-order valence-electron chi connectivity index (χ3n) is 4.93. The van der Waals surface area contributed by atoms with Crippen molar-refractivity contribution in [3.8, 4) is 16.9 Å². The van der Waals surface area contributed by atoms with Crippen molar-refractivity contribution < 1.29 is 9.30 Å². The summed E-state index contributed by atoms with van der Waals surface area (Å²) in [7, 11) is 2.04. The minimum absolute atomic E-state index is 0.830. The van der Waals surface area contributed by atoms with Crippen molar-refractivity contribution >= 4 is 0 Å². The molecule has 2 aromatic rings. The lowest BCUT2D eigenvalue weighted by Gasteiger charge is -2.07. The summed E-state index contributed by atoms with van der Waals surface area (Å²) in [6.07, 6.45) is 17.7. The van der Waals surface area contributed by atoms with E-state index >= 15 is 0 Å². The zero-order valence-electron chi connectivity index (χ0n) is 16.8. The number of nitrogens with zero attached hydrogens (tertiary/aromatic N) is 1. The van der Waals surface area contributed by atoms with E-state index in [4.69, 9.17) is 4.74 Å². The smallest absolute Gasteiger partial charge is 0.169 e. The second-order valence-corrected chi connectivity index (χ2v) is 7.31. The number of aryl methyl sites for hydroxylation is 1. The molecule has 1 heterocycles. The van der Waals surface area contributed by atoms with Crippen LogP contribution in [-0.2, 0) is 7.05 Å². The minimum Gasteiger partial charge on any atom is -0.494 e. The molecular formula is C24H36NO+. The molecule has 0 N–H and O–H groups in total. The van der Waals surface area contributed by atoms with Gasteiger partial charge in [-0.1, -0.05) is 76.8 Å². The van der Waals surface area contributed by atoms with Gasteiger partial charge in [-0.15, -0.1) is 0 Å². The average Bonchev–Trinajstić information content (AvgIpc) is 2.67. The van der Waals surface area contributed by atoms with Gasteiger partial charge in [-0.05, 0) is 29.7 Å². The maximum Gasteiger partial charge on any atom is 0.169 e. The van der Waals surface area contributed by atoms with Crippen molar-refractivity contribution in [1.29, 1.82) is 0 Å². The number of benzene rings is 1. The van der Waals surface area contributed by atoms with E-state index in [0.717, 1.165) is 18.8 Å². The van der Waals surface area contributed by atoms with Gasteiger partial charge >= 0.3 is 0 Å². The summed E-state index contributed by atoms with van der Waals surface area (Å²) in [5.41, 5.74) is 2.47. The Balaban J connectivity index is 1.54. The number of rotatable bonds is 13. The fourth-order valence-corrected chi connectivity index (χ4v) is 3.22. The number of hydrogen-bond donors (Lipinski definition) is 0. The topological polar surface area (TPSA) is 13.1 Å². The number of ether oxygens (including phenoxy) is 1. The zero-order chi connectivity index (χ0) is 18.5. The Morgan fingerprint density at radius 1 is 0.654 bits per heavy atom. The van der Waals surface area contributed by atoms with Gasteiger partial charge in [-0.3, -0.25) is 0 Å². The van der Waals surface area contributed by atoms with Gasteiger partial charge < -0.3 is 4.74 Å². The Morgan fingerprint density at radius 2 is 1.15 bits per heavy atom. The van der Waals surface area contributed by atoms with E-state index in [0.29, 0.717) is 0 Å². The average molecular weight is 355 g/mol. The van der Waals surface area contributed by atoms with Gasteiger partial charge in [0.05, 0.1) is 6.61 Å². The van der Waals surface area contributed by atoms with Gasteiger partial charge in [-0.2, -0.15) is 0 Å². The molecule has 26 heavy (non-hydrogen) atoms. The van der Waals surface area contributed by atoms with Gasteiger partial charge in [0.15, 0.2) is 12.4 Å². The molecule has 0 bridgehead atoms. The number of unbranched alkanes of at least 4 members (excludes halogenated alkanes) is 9. The molecule has 2 rings (SSSR count). The lowest BCUT2D eigenvalue weighted by molar-refractivity contribution is -0.671. The molecule has 0 saturated heterocycles. The van der Waals surface area contributed by atoms with Gasteiger partial charge in [-0.25, -0.2) is 4.57 Å². The van der Waals surface area contributed by atoms with Crippen LogP contribution in [0, 0.1) is 0 Å². The van der Waals surface area contributed by atoms with Gasteiger partial charge in [0.25, 0.3) is 0 Å². The summed E-state index contributed by atoms with van der Waals surface area (Å²) < 4.78 is 7.93. The molecule has 2 nitrogen and oxygen atoms in total. The normalized spacial score (nSPS) is 10.8. The SMILES string of the molecule is CCCCCCCCCCCCOc1ccc(-c2cc[n+](C)cc2)cc1. The molecule has 0 amide bonds. The van der Waals surface area contributed by atoms with Crippen molar-refractivity contribution in [3.63, 3.8) is 0 Å². The number of pyridine rings is 1. The van der Waals surface area contributed by atoms with E-state index in [9.17, 15) is 0 Å². The molecule has 0 saturated carbocycles. The molecule has 0 aliphatic heterocycles. The zero-order valence-corrected chi connectivity index (χ0v) is 16.8. The molecule has 142 valence electrons. The van der Waals surface area contributed by atoms with Gasteiger partial charge in [0.2, 0.25) is 0 Å². The third kappa shape index (κ3) is 8.03. The Labute approximate surface area is 160 Å². The maximum absolute atomic E-state index is 5.88. The van der Waals surface area contributed by atoms with Crippen LogP contribution in [0.1, 0.15) is 71.1 Å². The summed E-state index contributed by atoms with van der Waals surface area (Å²) >= 11 is 0. The van der Waals surface area contributed by atoms with Gasteiger partial charge in [0.1, 0.15) is 12.8 Å². The highest BCUT2D eigenvalue weighted by Gasteiger charge is 2.01. The van der Waals surface area contributed by atoms with Gasteiger partial charge in [0, 0.05) is 12.1 Å². The highest BCUT2D eigenvalue weighted by atomic mass is 16.5. The molecule has 2 heteroatoms. The molecule has 0 radical (unpaired) electrons. The van der Waals surface area contributed by atoms with Crippen molar-refractivity contribution in [2.75, 3.05) is 6.61 Å². The summed E-state index contributed by atoms with van der Waals surface area (Å²) in [5, 5.41) is 0. The Bertz CT molecular complexity index is 589. The fourth-order valence-electron chi connectivity index (χ4n) is 3.22. The molecule has 0 aliphatic rings. The van der Waals surface area contributed by atoms with Crippen LogP contribution in [0.3, 0.4) is 0 Å². The quantitative estimate of drug-likeness (QED) is 0.296. The first-order valence-electron chi connectivity index (χ1n) is 10.5. The van der Waals surface area contributed by atoms with Crippen LogP contribution < -0.4 is 9.30 Å². The first-order chi connectivity index (χ1) is 12.8. The van der Waals surface area contributed by atoms with E-state index in [-0.39, 0.29) is 0 Å². The molecule has 1 aromatic carbocycles. The molecule has 0 spiro atoms. The lowest BCUT2D eigenvalue weighted by Crippen LogP contribution is -2.25. The number of hydrogen-bond acceptors (Lipinski definition) is 1. The first kappa shape index (κ1) is 20.5. The highest BCUT2D eigenvalue weighted by molar-refractivity contribution is 5.63. The fraction of sp³-hybridized carbons (Fsp3) is 0.542. The van der Waals surface area contributed by atoms with Crippen LogP contribution in [0.2, 0.25) is 0 Å². The van der Waals surface area contributed by atoms with E-state index in [2.05, 4.69) is 55.7 Å². The Hall–Kier alpha value is -1.83. The Kier molecular flexibility index (Phi) is 9.86. The van der Waals surface area contributed by atoms with Crippen molar-refractivity contribution in [2.45, 2.75) is 71.1 Å². The summed E-state index contributed by atoms with van der Waals surface area (Å²) in [4.78, 5) is 0. The van der Waals surface area contributed by atoms with E-state index < -0.39 is 0 Å². The predicted octanol–water partition coefficient (Wildman–Crippen LogP) is 6.48. The highest BCUT2D eigenvalue weighted by Crippen LogP contribution is 2.21. The van der Waals surface area contributed by atoms with Crippen molar-refractivity contribution in [2.24, 2.45) is 7.05 Å². The molecule has 0 aliphatic carbocycles. The standard InChI is InChI=1S/C24H36NO/c1-3-4-5-6-7-8-9-10-11-12-21-26-24-15-13-22(14-16-24)23-17-19-25(2)20-18-23/h13-20H,3-12,21H2,1-2H3/q+1. The van der Waals surface area contributed by atoms with Crippen LogP contribution in [-0.4, -0.2) is 6.61 Å². The second kappa shape index (κ2) is 12.5. The monoisotopic (exact) mass is 354 g/mol. The van der Waals surface area contributed by atoms with Crippen LogP contribution in [0.25, 0.3) is 11.1 Å². The van der Waals surface area contributed by atoms with Crippen molar-refractivity contribution in [1.82, 2.24) is 0 Å². The largest absolute Gasteiger partial charge is 0.494 e. The van der Waals surface area contributed by atoms with E-state index in [1.165, 1.54) is 68.9 Å².